The van der Waals surface area contributed by atoms with E-state index in [1.54, 1.807) is 0 Å². The zero-order valence-electron chi connectivity index (χ0n) is 10.0. The third-order valence-corrected chi connectivity index (χ3v) is 2.54. The molecule has 0 aliphatic heterocycles. The van der Waals surface area contributed by atoms with Crippen LogP contribution in [0.15, 0.2) is 12.1 Å². The van der Waals surface area contributed by atoms with Gasteiger partial charge in [0.25, 0.3) is 0 Å². The number of rotatable bonds is 4. The molecular weight excluding hydrogens is 186 g/mol. The Balaban J connectivity index is 2.90. The van der Waals surface area contributed by atoms with Gasteiger partial charge in [-0.25, -0.2) is 0 Å². The molecular formula is C13H19NO. The lowest BCUT2D eigenvalue weighted by atomic mass is 9.95. The van der Waals surface area contributed by atoms with Crippen LogP contribution >= 0.6 is 0 Å². The molecule has 0 fully saturated rings. The summed E-state index contributed by atoms with van der Waals surface area (Å²) in [4.78, 5) is 16.3. The Morgan fingerprint density at radius 3 is 2.33 bits per heavy atom. The van der Waals surface area contributed by atoms with Gasteiger partial charge in [0.05, 0.1) is 0 Å². The molecule has 0 saturated carbocycles. The monoisotopic (exact) mass is 205 g/mol. The Bertz CT molecular complexity index is 337. The average Bonchev–Trinajstić information content (AvgIpc) is 2.15. The van der Waals surface area contributed by atoms with Gasteiger partial charge in [0.15, 0.2) is 5.78 Å². The lowest BCUT2D eigenvalue weighted by molar-refractivity contribution is 0.0923. The molecule has 2 heteroatoms. The van der Waals surface area contributed by atoms with Crippen LogP contribution in [0.5, 0.6) is 0 Å². The van der Waals surface area contributed by atoms with Crippen LogP contribution in [0, 0.1) is 19.8 Å². The average molecular weight is 205 g/mol. The van der Waals surface area contributed by atoms with Crippen molar-refractivity contribution in [3.63, 3.8) is 0 Å². The van der Waals surface area contributed by atoms with Crippen LogP contribution < -0.4 is 0 Å². The summed E-state index contributed by atoms with van der Waals surface area (Å²) in [7, 11) is 0. The minimum atomic E-state index is 0.121. The van der Waals surface area contributed by atoms with Crippen molar-refractivity contribution in [2.24, 2.45) is 5.92 Å². The molecule has 0 amide bonds. The molecule has 0 bridgehead atoms. The van der Waals surface area contributed by atoms with Gasteiger partial charge < -0.3 is 0 Å². The zero-order valence-corrected chi connectivity index (χ0v) is 10.0. The second-order valence-corrected chi connectivity index (χ2v) is 4.19. The van der Waals surface area contributed by atoms with Crippen LogP contribution in [0.4, 0.5) is 0 Å². The molecule has 0 aromatic carbocycles. The van der Waals surface area contributed by atoms with E-state index in [2.05, 4.69) is 11.9 Å². The highest BCUT2D eigenvalue weighted by Crippen LogP contribution is 2.15. The summed E-state index contributed by atoms with van der Waals surface area (Å²) < 4.78 is 0. The van der Waals surface area contributed by atoms with Gasteiger partial charge in [-0.2, -0.15) is 0 Å². The Morgan fingerprint density at radius 2 is 1.87 bits per heavy atom. The van der Waals surface area contributed by atoms with Crippen LogP contribution in [0.2, 0.25) is 0 Å². The van der Waals surface area contributed by atoms with Crippen LogP contribution in [-0.4, -0.2) is 10.8 Å². The van der Waals surface area contributed by atoms with Gasteiger partial charge >= 0.3 is 0 Å². The van der Waals surface area contributed by atoms with Crippen molar-refractivity contribution in [3.8, 4) is 0 Å². The topological polar surface area (TPSA) is 30.0 Å². The maximum atomic E-state index is 12.0. The number of Topliss-reactive ketones (excluding diaryl/α,β-unsaturated/α-hetero) is 1. The van der Waals surface area contributed by atoms with Gasteiger partial charge in [0.2, 0.25) is 0 Å². The molecule has 1 aromatic rings. The number of aromatic nitrogens is 1. The Kier molecular flexibility index (Phi) is 4.01. The molecule has 0 N–H and O–H groups in total. The fraction of sp³-hybridized carbons (Fsp3) is 0.538. The Hall–Kier alpha value is -1.18. The number of carbonyl (C=O) groups excluding carboxylic acids is 1. The number of carbonyl (C=O) groups is 1. The van der Waals surface area contributed by atoms with Gasteiger partial charge in [-0.1, -0.05) is 20.3 Å². The van der Waals surface area contributed by atoms with E-state index >= 15 is 0 Å². The third-order valence-electron chi connectivity index (χ3n) is 2.54. The Labute approximate surface area is 91.7 Å². The van der Waals surface area contributed by atoms with Crippen LogP contribution in [0.25, 0.3) is 0 Å². The molecule has 1 atom stereocenters. The van der Waals surface area contributed by atoms with Crippen molar-refractivity contribution in [1.29, 1.82) is 0 Å². The molecule has 0 saturated heterocycles. The number of hydrogen-bond donors (Lipinski definition) is 0. The smallest absolute Gasteiger partial charge is 0.165 e. The first-order chi connectivity index (χ1) is 7.04. The summed E-state index contributed by atoms with van der Waals surface area (Å²) in [6.45, 7) is 7.95. The molecule has 15 heavy (non-hydrogen) atoms. The van der Waals surface area contributed by atoms with Crippen molar-refractivity contribution in [1.82, 2.24) is 4.98 Å². The summed E-state index contributed by atoms with van der Waals surface area (Å²) in [5.74, 6) is 0.363. The summed E-state index contributed by atoms with van der Waals surface area (Å²) in [5, 5.41) is 0. The molecule has 1 rings (SSSR count). The second kappa shape index (κ2) is 5.06. The maximum Gasteiger partial charge on any atom is 0.165 e. The highest BCUT2D eigenvalue weighted by atomic mass is 16.1. The van der Waals surface area contributed by atoms with Gasteiger partial charge in [-0.05, 0) is 32.4 Å². The third kappa shape index (κ3) is 3.15. The maximum absolute atomic E-state index is 12.0. The van der Waals surface area contributed by atoms with Crippen molar-refractivity contribution in [2.75, 3.05) is 0 Å². The molecule has 0 radical (unpaired) electrons. The summed E-state index contributed by atoms with van der Waals surface area (Å²) in [5.41, 5.74) is 2.64. The van der Waals surface area contributed by atoms with Gasteiger partial charge in [-0.3, -0.25) is 9.78 Å². The Morgan fingerprint density at radius 1 is 1.33 bits per heavy atom. The van der Waals surface area contributed by atoms with E-state index in [1.807, 2.05) is 32.9 Å². The van der Waals surface area contributed by atoms with E-state index < -0.39 is 0 Å². The number of pyridine rings is 1. The molecule has 82 valence electrons. The summed E-state index contributed by atoms with van der Waals surface area (Å²) >= 11 is 0. The SMILES string of the molecule is CCCC(C)C(=O)c1cc(C)nc(C)c1. The molecule has 0 aliphatic carbocycles. The minimum absolute atomic E-state index is 0.121. The molecule has 1 heterocycles. The number of ketones is 1. The predicted molar refractivity (Wildman–Crippen MR) is 62.1 cm³/mol. The van der Waals surface area contributed by atoms with E-state index in [1.165, 1.54) is 0 Å². The van der Waals surface area contributed by atoms with E-state index in [9.17, 15) is 4.79 Å². The minimum Gasteiger partial charge on any atom is -0.294 e. The summed E-state index contributed by atoms with van der Waals surface area (Å²) in [6.07, 6.45) is 2.01. The lowest BCUT2D eigenvalue weighted by Crippen LogP contribution is -2.11. The fourth-order valence-corrected chi connectivity index (χ4v) is 1.83. The van der Waals surface area contributed by atoms with Crippen molar-refractivity contribution in [2.45, 2.75) is 40.5 Å². The van der Waals surface area contributed by atoms with Crippen LogP contribution in [0.1, 0.15) is 48.4 Å². The van der Waals surface area contributed by atoms with Gasteiger partial charge in [-0.15, -0.1) is 0 Å². The molecule has 0 aliphatic rings. The number of nitrogens with zero attached hydrogens (tertiary/aromatic N) is 1. The highest BCUT2D eigenvalue weighted by molar-refractivity contribution is 5.97. The molecule has 1 aromatic heterocycles. The molecule has 2 nitrogen and oxygen atoms in total. The van der Waals surface area contributed by atoms with Crippen molar-refractivity contribution >= 4 is 5.78 Å². The van der Waals surface area contributed by atoms with Gasteiger partial charge in [0, 0.05) is 22.9 Å². The highest BCUT2D eigenvalue weighted by Gasteiger charge is 2.14. The van der Waals surface area contributed by atoms with Crippen LogP contribution in [-0.2, 0) is 0 Å². The standard InChI is InChI=1S/C13H19NO/c1-5-6-9(2)13(15)12-7-10(3)14-11(4)8-12/h7-9H,5-6H2,1-4H3. The zero-order chi connectivity index (χ0) is 11.4. The second-order valence-electron chi connectivity index (χ2n) is 4.19. The normalized spacial score (nSPS) is 12.5. The first kappa shape index (κ1) is 11.9. The van der Waals surface area contributed by atoms with Crippen LogP contribution in [0.3, 0.4) is 0 Å². The van der Waals surface area contributed by atoms with E-state index in [-0.39, 0.29) is 11.7 Å². The molecule has 1 unspecified atom stereocenters. The van der Waals surface area contributed by atoms with Gasteiger partial charge in [0.1, 0.15) is 0 Å². The fourth-order valence-electron chi connectivity index (χ4n) is 1.83. The number of aryl methyl sites for hydroxylation is 2. The summed E-state index contributed by atoms with van der Waals surface area (Å²) in [6, 6.07) is 3.75. The molecule has 0 spiro atoms. The van der Waals surface area contributed by atoms with Crippen molar-refractivity contribution < 1.29 is 4.79 Å². The number of hydrogen-bond acceptors (Lipinski definition) is 2. The van der Waals surface area contributed by atoms with Crippen molar-refractivity contribution in [3.05, 3.63) is 29.1 Å². The predicted octanol–water partition coefficient (Wildman–Crippen LogP) is 3.32. The largest absolute Gasteiger partial charge is 0.294 e. The van der Waals surface area contributed by atoms with E-state index in [0.29, 0.717) is 0 Å². The first-order valence-corrected chi connectivity index (χ1v) is 5.54. The first-order valence-electron chi connectivity index (χ1n) is 5.54. The lowest BCUT2D eigenvalue weighted by Gasteiger charge is -2.09. The van der Waals surface area contributed by atoms with E-state index in [0.717, 1.165) is 29.8 Å². The quantitative estimate of drug-likeness (QED) is 0.706. The van der Waals surface area contributed by atoms with E-state index in [4.69, 9.17) is 0 Å².